The summed E-state index contributed by atoms with van der Waals surface area (Å²) in [6.07, 6.45) is 4.89. The van der Waals surface area contributed by atoms with Gasteiger partial charge in [-0.05, 0) is 25.5 Å². The number of thioether (sulfide) groups is 1. The maximum Gasteiger partial charge on any atom is 0.0638 e. The van der Waals surface area contributed by atoms with E-state index in [0.29, 0.717) is 0 Å². The van der Waals surface area contributed by atoms with Crippen LogP contribution in [0.3, 0.4) is 0 Å². The molecule has 1 saturated carbocycles. The molecule has 90 valence electrons. The van der Waals surface area contributed by atoms with E-state index in [4.69, 9.17) is 0 Å². The maximum absolute atomic E-state index is 4.54. The predicted octanol–water partition coefficient (Wildman–Crippen LogP) is 2.20. The van der Waals surface area contributed by atoms with Crippen molar-refractivity contribution in [1.29, 1.82) is 0 Å². The predicted molar refractivity (Wildman–Crippen MR) is 69.8 cm³/mol. The van der Waals surface area contributed by atoms with E-state index in [2.05, 4.69) is 35.1 Å². The number of nitrogens with zero attached hydrogens (tertiary/aromatic N) is 2. The first-order chi connectivity index (χ1) is 7.79. The topological polar surface area (TPSA) is 29.9 Å². The summed E-state index contributed by atoms with van der Waals surface area (Å²) < 4.78 is 2.09. The molecule has 0 spiro atoms. The summed E-state index contributed by atoms with van der Waals surface area (Å²) >= 11 is 1.97. The van der Waals surface area contributed by atoms with Crippen molar-refractivity contribution in [2.75, 3.05) is 11.5 Å². The zero-order valence-electron chi connectivity index (χ0n) is 10.2. The molecule has 0 bridgehead atoms. The lowest BCUT2D eigenvalue weighted by molar-refractivity contribution is 0.657. The molecule has 1 aromatic heterocycles. The monoisotopic (exact) mass is 239 g/mol. The van der Waals surface area contributed by atoms with Gasteiger partial charge < -0.3 is 5.32 Å². The van der Waals surface area contributed by atoms with Gasteiger partial charge in [-0.25, -0.2) is 0 Å². The fourth-order valence-electron chi connectivity index (χ4n) is 1.69. The molecule has 16 heavy (non-hydrogen) atoms. The maximum atomic E-state index is 4.54. The largest absolute Gasteiger partial charge is 0.310 e. The quantitative estimate of drug-likeness (QED) is 0.740. The van der Waals surface area contributed by atoms with Crippen LogP contribution in [-0.2, 0) is 13.1 Å². The fraction of sp³-hybridized carbons (Fsp3) is 0.750. The van der Waals surface area contributed by atoms with Crippen molar-refractivity contribution < 1.29 is 0 Å². The van der Waals surface area contributed by atoms with E-state index < -0.39 is 0 Å². The Hall–Kier alpha value is -0.480. The van der Waals surface area contributed by atoms with Crippen LogP contribution in [0, 0.1) is 6.92 Å². The normalized spacial score (nSPS) is 15.6. The van der Waals surface area contributed by atoms with Gasteiger partial charge in [-0.3, -0.25) is 4.68 Å². The smallest absolute Gasteiger partial charge is 0.0638 e. The SMILES string of the molecule is CCSCCn1cc(CNC2CC2)c(C)n1. The Balaban J connectivity index is 1.81. The van der Waals surface area contributed by atoms with E-state index in [-0.39, 0.29) is 0 Å². The minimum Gasteiger partial charge on any atom is -0.310 e. The number of aryl methyl sites for hydroxylation is 2. The van der Waals surface area contributed by atoms with Crippen LogP contribution in [0.4, 0.5) is 0 Å². The molecule has 1 aliphatic carbocycles. The highest BCUT2D eigenvalue weighted by Crippen LogP contribution is 2.19. The lowest BCUT2D eigenvalue weighted by Gasteiger charge is -2.00. The van der Waals surface area contributed by atoms with Gasteiger partial charge in [0.1, 0.15) is 0 Å². The minimum absolute atomic E-state index is 0.776. The fourth-order valence-corrected chi connectivity index (χ4v) is 2.30. The molecule has 1 fully saturated rings. The molecule has 1 aliphatic rings. The Morgan fingerprint density at radius 2 is 2.38 bits per heavy atom. The van der Waals surface area contributed by atoms with Crippen molar-refractivity contribution in [2.24, 2.45) is 0 Å². The molecule has 0 unspecified atom stereocenters. The first kappa shape index (κ1) is 12.0. The lowest BCUT2D eigenvalue weighted by Crippen LogP contribution is -2.15. The molecule has 1 heterocycles. The molecule has 4 heteroatoms. The number of nitrogens with one attached hydrogen (secondary N) is 1. The Morgan fingerprint density at radius 1 is 1.56 bits per heavy atom. The molecule has 1 aromatic rings. The average Bonchev–Trinajstić information content (AvgIpc) is 3.02. The second-order valence-electron chi connectivity index (χ2n) is 4.35. The summed E-state index contributed by atoms with van der Waals surface area (Å²) in [4.78, 5) is 0. The molecule has 0 saturated heterocycles. The van der Waals surface area contributed by atoms with Gasteiger partial charge in [0.05, 0.1) is 5.69 Å². The van der Waals surface area contributed by atoms with Crippen LogP contribution in [0.15, 0.2) is 6.20 Å². The zero-order chi connectivity index (χ0) is 11.4. The van der Waals surface area contributed by atoms with Crippen LogP contribution in [-0.4, -0.2) is 27.3 Å². The zero-order valence-corrected chi connectivity index (χ0v) is 11.0. The first-order valence-electron chi connectivity index (χ1n) is 6.13. The molecule has 3 nitrogen and oxygen atoms in total. The summed E-state index contributed by atoms with van der Waals surface area (Å²) in [5, 5.41) is 8.08. The second-order valence-corrected chi connectivity index (χ2v) is 5.75. The third-order valence-electron chi connectivity index (χ3n) is 2.88. The average molecular weight is 239 g/mol. The molecule has 0 aliphatic heterocycles. The van der Waals surface area contributed by atoms with Crippen LogP contribution in [0.25, 0.3) is 0 Å². The Morgan fingerprint density at radius 3 is 3.06 bits per heavy atom. The van der Waals surface area contributed by atoms with Gasteiger partial charge in [0.25, 0.3) is 0 Å². The van der Waals surface area contributed by atoms with Crippen molar-refractivity contribution in [2.45, 2.75) is 45.8 Å². The van der Waals surface area contributed by atoms with Gasteiger partial charge in [0, 0.05) is 36.6 Å². The van der Waals surface area contributed by atoms with Gasteiger partial charge in [0.2, 0.25) is 0 Å². The summed E-state index contributed by atoms with van der Waals surface area (Å²) in [7, 11) is 0. The highest BCUT2D eigenvalue weighted by molar-refractivity contribution is 7.99. The third kappa shape index (κ3) is 3.52. The van der Waals surface area contributed by atoms with E-state index in [9.17, 15) is 0 Å². The van der Waals surface area contributed by atoms with Gasteiger partial charge >= 0.3 is 0 Å². The van der Waals surface area contributed by atoms with Gasteiger partial charge in [0.15, 0.2) is 0 Å². The number of hydrogen-bond donors (Lipinski definition) is 1. The van der Waals surface area contributed by atoms with E-state index in [1.54, 1.807) is 0 Å². The van der Waals surface area contributed by atoms with Gasteiger partial charge in [-0.1, -0.05) is 6.92 Å². The summed E-state index contributed by atoms with van der Waals surface area (Å²) in [6, 6.07) is 0.776. The van der Waals surface area contributed by atoms with Crippen molar-refractivity contribution in [3.05, 3.63) is 17.5 Å². The van der Waals surface area contributed by atoms with Crippen LogP contribution in [0.5, 0.6) is 0 Å². The molecule has 0 atom stereocenters. The molecule has 1 N–H and O–H groups in total. The molecular formula is C12H21N3S. The van der Waals surface area contributed by atoms with Crippen molar-refractivity contribution in [1.82, 2.24) is 15.1 Å². The highest BCUT2D eigenvalue weighted by atomic mass is 32.2. The summed E-state index contributed by atoms with van der Waals surface area (Å²) in [6.45, 7) is 6.32. The van der Waals surface area contributed by atoms with Crippen molar-refractivity contribution in [3.8, 4) is 0 Å². The third-order valence-corrected chi connectivity index (χ3v) is 3.75. The van der Waals surface area contributed by atoms with Crippen molar-refractivity contribution in [3.63, 3.8) is 0 Å². The van der Waals surface area contributed by atoms with E-state index in [1.165, 1.54) is 29.9 Å². The standard InChI is InChI=1S/C12H21N3S/c1-3-16-7-6-15-9-11(10(2)14-15)8-13-12-4-5-12/h9,12-13H,3-8H2,1-2H3. The summed E-state index contributed by atoms with van der Waals surface area (Å²) in [5.74, 6) is 2.35. The van der Waals surface area contributed by atoms with Gasteiger partial charge in [-0.2, -0.15) is 16.9 Å². The lowest BCUT2D eigenvalue weighted by atomic mass is 10.2. The van der Waals surface area contributed by atoms with Crippen LogP contribution in [0.1, 0.15) is 31.0 Å². The minimum atomic E-state index is 0.776. The molecule has 0 amide bonds. The van der Waals surface area contributed by atoms with Crippen LogP contribution >= 0.6 is 11.8 Å². The van der Waals surface area contributed by atoms with Crippen molar-refractivity contribution >= 4 is 11.8 Å². The van der Waals surface area contributed by atoms with E-state index in [0.717, 1.165) is 24.9 Å². The number of hydrogen-bond acceptors (Lipinski definition) is 3. The molecule has 2 rings (SSSR count). The Bertz CT molecular complexity index is 331. The number of aromatic nitrogens is 2. The Labute approximate surface area is 102 Å². The molecular weight excluding hydrogens is 218 g/mol. The van der Waals surface area contributed by atoms with E-state index in [1.807, 2.05) is 11.8 Å². The highest BCUT2D eigenvalue weighted by Gasteiger charge is 2.20. The van der Waals surface area contributed by atoms with E-state index >= 15 is 0 Å². The first-order valence-corrected chi connectivity index (χ1v) is 7.29. The number of rotatable bonds is 7. The van der Waals surface area contributed by atoms with Gasteiger partial charge in [-0.15, -0.1) is 0 Å². The van der Waals surface area contributed by atoms with Crippen LogP contribution < -0.4 is 5.32 Å². The van der Waals surface area contributed by atoms with Crippen LogP contribution in [0.2, 0.25) is 0 Å². The summed E-state index contributed by atoms with van der Waals surface area (Å²) in [5.41, 5.74) is 2.53. The molecule has 0 radical (unpaired) electrons. The Kier molecular flexibility index (Phi) is 4.29. The molecule has 0 aromatic carbocycles. The second kappa shape index (κ2) is 5.73.